The molecule has 0 bridgehead atoms. The van der Waals surface area contributed by atoms with E-state index >= 15 is 0 Å². The van der Waals surface area contributed by atoms with Gasteiger partial charge in [0, 0.05) is 30.7 Å². The Kier molecular flexibility index (Phi) is 9.44. The molecule has 0 unspecified atom stereocenters. The normalized spacial score (nSPS) is 19.5. The molecule has 0 aromatic heterocycles. The van der Waals surface area contributed by atoms with Crippen LogP contribution in [0.3, 0.4) is 0 Å². The summed E-state index contributed by atoms with van der Waals surface area (Å²) in [6, 6.07) is 14.0. The summed E-state index contributed by atoms with van der Waals surface area (Å²) in [5.41, 5.74) is 1.82. The number of nitrogens with one attached hydrogen (secondary N) is 2. The zero-order valence-electron chi connectivity index (χ0n) is 22.3. The molecule has 0 radical (unpaired) electrons. The molecule has 1 saturated heterocycles. The van der Waals surface area contributed by atoms with Gasteiger partial charge in [0.15, 0.2) is 0 Å². The number of nitrogens with zero attached hydrogens (tertiary/aromatic N) is 1. The molecule has 206 valence electrons. The summed E-state index contributed by atoms with van der Waals surface area (Å²) in [5.74, 6) is -0.686. The summed E-state index contributed by atoms with van der Waals surface area (Å²) < 4.78 is 35.6. The first-order valence-electron chi connectivity index (χ1n) is 13.7. The maximum Gasteiger partial charge on any atom is 0.310 e. The number of hydrogen-bond acceptors (Lipinski definition) is 6. The van der Waals surface area contributed by atoms with Gasteiger partial charge < -0.3 is 15.0 Å². The zero-order valence-corrected chi connectivity index (χ0v) is 23.1. The van der Waals surface area contributed by atoms with Gasteiger partial charge in [0.25, 0.3) is 0 Å². The molecular formula is C29H39N3O5S. The van der Waals surface area contributed by atoms with Crippen LogP contribution in [-0.4, -0.2) is 40.0 Å². The van der Waals surface area contributed by atoms with Gasteiger partial charge in [0.05, 0.1) is 18.2 Å². The molecule has 9 heteroatoms. The van der Waals surface area contributed by atoms with Gasteiger partial charge in [-0.05, 0) is 63.3 Å². The molecule has 2 fully saturated rings. The Bertz CT molecular complexity index is 1210. The van der Waals surface area contributed by atoms with Crippen LogP contribution in [0.15, 0.2) is 53.4 Å². The highest BCUT2D eigenvalue weighted by molar-refractivity contribution is 7.89. The van der Waals surface area contributed by atoms with Crippen molar-refractivity contribution in [1.82, 2.24) is 4.72 Å². The van der Waals surface area contributed by atoms with Crippen molar-refractivity contribution in [3.05, 3.63) is 54.1 Å². The summed E-state index contributed by atoms with van der Waals surface area (Å²) in [6.45, 7) is 4.90. The fourth-order valence-electron chi connectivity index (χ4n) is 5.43. The third kappa shape index (κ3) is 6.94. The number of esters is 1. The number of hydrogen-bond donors (Lipinski definition) is 2. The number of anilines is 2. The maximum atomic E-state index is 13.8. The van der Waals surface area contributed by atoms with Gasteiger partial charge in [-0.3, -0.25) is 9.59 Å². The predicted molar refractivity (Wildman–Crippen MR) is 148 cm³/mol. The second-order valence-electron chi connectivity index (χ2n) is 10.3. The van der Waals surface area contributed by atoms with Crippen LogP contribution in [-0.2, 0) is 24.3 Å². The minimum absolute atomic E-state index is 0.0489. The van der Waals surface area contributed by atoms with E-state index in [2.05, 4.69) is 10.0 Å². The lowest BCUT2D eigenvalue weighted by Crippen LogP contribution is -2.40. The fourth-order valence-corrected chi connectivity index (χ4v) is 6.91. The monoisotopic (exact) mass is 541 g/mol. The van der Waals surface area contributed by atoms with Crippen molar-refractivity contribution in [2.75, 3.05) is 29.9 Å². The van der Waals surface area contributed by atoms with Crippen LogP contribution >= 0.6 is 0 Å². The summed E-state index contributed by atoms with van der Waals surface area (Å²) in [7, 11) is -3.98. The Morgan fingerprint density at radius 2 is 1.71 bits per heavy atom. The van der Waals surface area contributed by atoms with E-state index in [0.717, 1.165) is 44.1 Å². The Morgan fingerprint density at radius 1 is 1.00 bits per heavy atom. The third-order valence-electron chi connectivity index (χ3n) is 7.51. The van der Waals surface area contributed by atoms with E-state index in [4.69, 9.17) is 4.74 Å². The first kappa shape index (κ1) is 28.1. The Morgan fingerprint density at radius 3 is 2.42 bits per heavy atom. The van der Waals surface area contributed by atoms with Crippen molar-refractivity contribution in [2.24, 2.45) is 11.8 Å². The van der Waals surface area contributed by atoms with Crippen molar-refractivity contribution >= 4 is 33.3 Å². The lowest BCUT2D eigenvalue weighted by Gasteiger charge is -2.34. The molecule has 38 heavy (non-hydrogen) atoms. The van der Waals surface area contributed by atoms with Crippen molar-refractivity contribution in [3.63, 3.8) is 0 Å². The van der Waals surface area contributed by atoms with Crippen LogP contribution in [0.2, 0.25) is 0 Å². The number of piperidine rings is 1. The minimum atomic E-state index is -3.98. The molecule has 1 aliphatic heterocycles. The number of benzene rings is 2. The minimum Gasteiger partial charge on any atom is -0.466 e. The molecular weight excluding hydrogens is 502 g/mol. The van der Waals surface area contributed by atoms with Crippen molar-refractivity contribution in [3.8, 4) is 0 Å². The number of amides is 1. The number of ether oxygens (including phenoxy) is 1. The highest BCUT2D eigenvalue weighted by atomic mass is 32.2. The first-order valence-corrected chi connectivity index (χ1v) is 15.2. The van der Waals surface area contributed by atoms with Gasteiger partial charge in [-0.2, -0.15) is 0 Å². The topological polar surface area (TPSA) is 105 Å². The van der Waals surface area contributed by atoms with Crippen LogP contribution < -0.4 is 14.9 Å². The van der Waals surface area contributed by atoms with Gasteiger partial charge in [0.1, 0.15) is 4.90 Å². The fraction of sp³-hybridized carbons (Fsp3) is 0.517. The maximum absolute atomic E-state index is 13.8. The molecule has 1 amide bonds. The van der Waals surface area contributed by atoms with E-state index in [0.29, 0.717) is 37.5 Å². The lowest BCUT2D eigenvalue weighted by atomic mass is 9.88. The lowest BCUT2D eigenvalue weighted by molar-refractivity contribution is -0.148. The van der Waals surface area contributed by atoms with E-state index in [1.165, 1.54) is 0 Å². The standard InChI is InChI=1S/C29H39N3O5S/c1-3-37-29(34)24-15-10-18-32(20-24)26-17-16-25(30-28(33)23-13-8-5-9-14-23)19-27(26)38(35,36)31-21(2)22-11-6-4-7-12-22/h4,6-7,11-12,16-17,19,21,23-24,31H,3,5,8-10,13-15,18,20H2,1-2H3,(H,30,33)/t21-,24-/m1/s1. The van der Waals surface area contributed by atoms with Gasteiger partial charge in [-0.1, -0.05) is 49.6 Å². The average molecular weight is 542 g/mol. The Balaban J connectivity index is 1.64. The Labute approximate surface area is 226 Å². The van der Waals surface area contributed by atoms with Crippen molar-refractivity contribution in [2.45, 2.75) is 69.7 Å². The molecule has 1 aliphatic carbocycles. The average Bonchev–Trinajstić information content (AvgIpc) is 2.94. The number of sulfonamides is 1. The van der Waals surface area contributed by atoms with Crippen LogP contribution in [0, 0.1) is 11.8 Å². The quantitative estimate of drug-likeness (QED) is 0.432. The second kappa shape index (κ2) is 12.8. The largest absolute Gasteiger partial charge is 0.466 e. The van der Waals surface area contributed by atoms with Gasteiger partial charge in [0.2, 0.25) is 15.9 Å². The zero-order chi connectivity index (χ0) is 27.1. The van der Waals surface area contributed by atoms with Crippen LogP contribution in [0.25, 0.3) is 0 Å². The van der Waals surface area contributed by atoms with Crippen LogP contribution in [0.1, 0.15) is 70.4 Å². The smallest absolute Gasteiger partial charge is 0.310 e. The molecule has 2 aliphatic rings. The van der Waals surface area contributed by atoms with Crippen LogP contribution in [0.4, 0.5) is 11.4 Å². The first-order chi connectivity index (χ1) is 18.3. The van der Waals surface area contributed by atoms with E-state index in [9.17, 15) is 18.0 Å². The van der Waals surface area contributed by atoms with E-state index < -0.39 is 16.1 Å². The third-order valence-corrected chi connectivity index (χ3v) is 9.08. The van der Waals surface area contributed by atoms with E-state index in [1.54, 1.807) is 32.0 Å². The molecule has 2 N–H and O–H groups in total. The van der Waals surface area contributed by atoms with E-state index in [1.807, 2.05) is 35.2 Å². The second-order valence-corrected chi connectivity index (χ2v) is 12.0. The molecule has 1 saturated carbocycles. The van der Waals surface area contributed by atoms with Gasteiger partial charge >= 0.3 is 5.97 Å². The molecule has 8 nitrogen and oxygen atoms in total. The van der Waals surface area contributed by atoms with Crippen molar-refractivity contribution in [1.29, 1.82) is 0 Å². The molecule has 2 atom stereocenters. The number of carbonyl (C=O) groups excluding carboxylic acids is 2. The number of rotatable bonds is 9. The van der Waals surface area contributed by atoms with Gasteiger partial charge in [-0.15, -0.1) is 0 Å². The molecule has 4 rings (SSSR count). The number of carbonyl (C=O) groups is 2. The van der Waals surface area contributed by atoms with E-state index in [-0.39, 0.29) is 28.6 Å². The predicted octanol–water partition coefficient (Wildman–Crippen LogP) is 5.02. The van der Waals surface area contributed by atoms with Crippen LogP contribution in [0.5, 0.6) is 0 Å². The summed E-state index contributed by atoms with van der Waals surface area (Å²) >= 11 is 0. The Hall–Kier alpha value is -2.91. The highest BCUT2D eigenvalue weighted by Crippen LogP contribution is 2.34. The summed E-state index contributed by atoms with van der Waals surface area (Å²) in [6.07, 6.45) is 6.38. The summed E-state index contributed by atoms with van der Waals surface area (Å²) in [5, 5.41) is 2.96. The van der Waals surface area contributed by atoms with Crippen molar-refractivity contribution < 1.29 is 22.7 Å². The summed E-state index contributed by atoms with van der Waals surface area (Å²) in [4.78, 5) is 27.4. The molecule has 1 heterocycles. The molecule has 2 aromatic rings. The highest BCUT2D eigenvalue weighted by Gasteiger charge is 2.31. The SMILES string of the molecule is CCOC(=O)[C@@H]1CCCN(c2ccc(NC(=O)C3CCCCC3)cc2S(=O)(=O)N[C@H](C)c2ccccc2)C1. The van der Waals surface area contributed by atoms with Gasteiger partial charge in [-0.25, -0.2) is 13.1 Å². The molecule has 2 aromatic carbocycles. The molecule has 0 spiro atoms.